The van der Waals surface area contributed by atoms with E-state index in [1.54, 1.807) is 40.9 Å². The number of ether oxygens (including phenoxy) is 1. The summed E-state index contributed by atoms with van der Waals surface area (Å²) in [5, 5.41) is 0. The van der Waals surface area contributed by atoms with Gasteiger partial charge in [-0.1, -0.05) is 12.1 Å². The highest BCUT2D eigenvalue weighted by atomic mass is 32.2. The summed E-state index contributed by atoms with van der Waals surface area (Å²) in [7, 11) is 1.83. The molecule has 0 atom stereocenters. The molecule has 0 aliphatic carbocycles. The van der Waals surface area contributed by atoms with E-state index in [-0.39, 0.29) is 11.7 Å². The second kappa shape index (κ2) is 10.0. The molecule has 2 rings (SSSR count). The third-order valence-electron chi connectivity index (χ3n) is 4.07. The molecule has 0 aliphatic heterocycles. The molecule has 0 radical (unpaired) electrons. The molecule has 0 aliphatic rings. The minimum atomic E-state index is 0.0354. The highest BCUT2D eigenvalue weighted by molar-refractivity contribution is 7.98. The molecule has 5 heteroatoms. The van der Waals surface area contributed by atoms with Crippen LogP contribution >= 0.6 is 11.8 Å². The highest BCUT2D eigenvalue weighted by Gasteiger charge is 2.09. The van der Waals surface area contributed by atoms with E-state index in [2.05, 4.69) is 24.3 Å². The Labute approximate surface area is 159 Å². The standard InChI is InChI=1S/C21H25NO3S/c1-16(23)18-8-10-19(11-9-18)25-14-4-5-21(24)22(2)15-17-6-12-20(26-3)13-7-17/h6-13H,4-5,14-15H2,1-3H3. The van der Waals surface area contributed by atoms with Gasteiger partial charge in [-0.25, -0.2) is 0 Å². The lowest BCUT2D eigenvalue weighted by atomic mass is 10.1. The van der Waals surface area contributed by atoms with Crippen molar-refractivity contribution in [1.82, 2.24) is 4.90 Å². The lowest BCUT2D eigenvalue weighted by Crippen LogP contribution is -2.26. The smallest absolute Gasteiger partial charge is 0.222 e. The minimum absolute atomic E-state index is 0.0354. The van der Waals surface area contributed by atoms with Crippen LogP contribution < -0.4 is 4.74 Å². The van der Waals surface area contributed by atoms with Crippen molar-refractivity contribution in [2.24, 2.45) is 0 Å². The quantitative estimate of drug-likeness (QED) is 0.372. The molecule has 0 spiro atoms. The lowest BCUT2D eigenvalue weighted by Gasteiger charge is -2.17. The van der Waals surface area contributed by atoms with Gasteiger partial charge >= 0.3 is 0 Å². The molecule has 0 N–H and O–H groups in total. The molecule has 2 aromatic carbocycles. The Morgan fingerprint density at radius 2 is 1.69 bits per heavy atom. The topological polar surface area (TPSA) is 46.6 Å². The maximum Gasteiger partial charge on any atom is 0.222 e. The van der Waals surface area contributed by atoms with Crippen molar-refractivity contribution in [3.8, 4) is 5.75 Å². The minimum Gasteiger partial charge on any atom is -0.494 e. The van der Waals surface area contributed by atoms with Gasteiger partial charge in [0.05, 0.1) is 6.61 Å². The number of benzene rings is 2. The summed E-state index contributed by atoms with van der Waals surface area (Å²) >= 11 is 1.71. The van der Waals surface area contributed by atoms with E-state index in [4.69, 9.17) is 4.74 Å². The molecule has 0 saturated heterocycles. The van der Waals surface area contributed by atoms with Gasteiger partial charge in [0.25, 0.3) is 0 Å². The Bertz CT molecular complexity index is 726. The predicted molar refractivity (Wildman–Crippen MR) is 106 cm³/mol. The summed E-state index contributed by atoms with van der Waals surface area (Å²) in [6, 6.07) is 15.3. The average molecular weight is 372 g/mol. The first-order chi connectivity index (χ1) is 12.5. The first kappa shape index (κ1) is 20.0. The zero-order valence-corrected chi connectivity index (χ0v) is 16.3. The molecule has 0 unspecified atom stereocenters. The van der Waals surface area contributed by atoms with Crippen molar-refractivity contribution >= 4 is 23.5 Å². The Balaban J connectivity index is 1.71. The van der Waals surface area contributed by atoms with Crippen LogP contribution in [0.4, 0.5) is 0 Å². The van der Waals surface area contributed by atoms with Crippen LogP contribution in [0.2, 0.25) is 0 Å². The van der Waals surface area contributed by atoms with Crippen LogP contribution in [-0.2, 0) is 11.3 Å². The predicted octanol–water partition coefficient (Wildman–Crippen LogP) is 4.43. The molecule has 0 aromatic heterocycles. The van der Waals surface area contributed by atoms with Gasteiger partial charge in [-0.3, -0.25) is 9.59 Å². The van der Waals surface area contributed by atoms with Crippen molar-refractivity contribution in [3.05, 3.63) is 59.7 Å². The summed E-state index contributed by atoms with van der Waals surface area (Å²) in [5.74, 6) is 0.854. The molecule has 0 fully saturated rings. The third kappa shape index (κ3) is 6.23. The molecule has 138 valence electrons. The number of Topliss-reactive ketones (excluding diaryl/α,β-unsaturated/α-hetero) is 1. The molecule has 1 amide bonds. The number of carbonyl (C=O) groups excluding carboxylic acids is 2. The summed E-state index contributed by atoms with van der Waals surface area (Å²) in [6.45, 7) is 2.62. The number of hydrogen-bond donors (Lipinski definition) is 0. The van der Waals surface area contributed by atoms with Crippen LogP contribution in [0.1, 0.15) is 35.7 Å². The molecule has 0 heterocycles. The molecular weight excluding hydrogens is 346 g/mol. The van der Waals surface area contributed by atoms with Crippen molar-refractivity contribution in [3.63, 3.8) is 0 Å². The lowest BCUT2D eigenvalue weighted by molar-refractivity contribution is -0.130. The second-order valence-corrected chi connectivity index (χ2v) is 7.01. The van der Waals surface area contributed by atoms with Crippen molar-refractivity contribution < 1.29 is 14.3 Å². The summed E-state index contributed by atoms with van der Waals surface area (Å²) < 4.78 is 5.63. The highest BCUT2D eigenvalue weighted by Crippen LogP contribution is 2.16. The second-order valence-electron chi connectivity index (χ2n) is 6.13. The van der Waals surface area contributed by atoms with Crippen LogP contribution in [0.5, 0.6) is 5.75 Å². The zero-order chi connectivity index (χ0) is 18.9. The summed E-state index contributed by atoms with van der Waals surface area (Å²) in [5.41, 5.74) is 1.79. The van der Waals surface area contributed by atoms with Crippen molar-refractivity contribution in [1.29, 1.82) is 0 Å². The maximum absolute atomic E-state index is 12.2. The first-order valence-corrected chi connectivity index (χ1v) is 9.83. The van der Waals surface area contributed by atoms with E-state index in [1.807, 2.05) is 13.3 Å². The Morgan fingerprint density at radius 1 is 1.04 bits per heavy atom. The number of thioether (sulfide) groups is 1. The summed E-state index contributed by atoms with van der Waals surface area (Å²) in [4.78, 5) is 26.4. The van der Waals surface area contributed by atoms with E-state index >= 15 is 0 Å². The number of carbonyl (C=O) groups is 2. The van der Waals surface area contributed by atoms with Gasteiger partial charge in [0.15, 0.2) is 5.78 Å². The van der Waals surface area contributed by atoms with Gasteiger partial charge < -0.3 is 9.64 Å². The van der Waals surface area contributed by atoms with Crippen LogP contribution in [0.25, 0.3) is 0 Å². The van der Waals surface area contributed by atoms with Crippen LogP contribution in [0, 0.1) is 0 Å². The fourth-order valence-electron chi connectivity index (χ4n) is 2.48. The van der Waals surface area contributed by atoms with Crippen molar-refractivity contribution in [2.45, 2.75) is 31.2 Å². The zero-order valence-electron chi connectivity index (χ0n) is 15.5. The van der Waals surface area contributed by atoms with Gasteiger partial charge in [0.2, 0.25) is 5.91 Å². The largest absolute Gasteiger partial charge is 0.494 e. The van der Waals surface area contributed by atoms with Gasteiger partial charge in [0, 0.05) is 30.5 Å². The molecule has 0 bridgehead atoms. The van der Waals surface area contributed by atoms with Crippen LogP contribution in [0.3, 0.4) is 0 Å². The normalized spacial score (nSPS) is 10.4. The molecular formula is C21H25NO3S. The average Bonchev–Trinajstić information content (AvgIpc) is 2.66. The van der Waals surface area contributed by atoms with Gasteiger partial charge in [-0.15, -0.1) is 11.8 Å². The molecule has 26 heavy (non-hydrogen) atoms. The fraction of sp³-hybridized carbons (Fsp3) is 0.333. The van der Waals surface area contributed by atoms with Crippen LogP contribution in [0.15, 0.2) is 53.4 Å². The first-order valence-electron chi connectivity index (χ1n) is 8.60. The molecule has 4 nitrogen and oxygen atoms in total. The maximum atomic E-state index is 12.2. The number of ketones is 1. The fourth-order valence-corrected chi connectivity index (χ4v) is 2.89. The number of amides is 1. The van der Waals surface area contributed by atoms with Crippen LogP contribution in [-0.4, -0.2) is 36.5 Å². The van der Waals surface area contributed by atoms with Gasteiger partial charge in [0.1, 0.15) is 5.75 Å². The van der Waals surface area contributed by atoms with Gasteiger partial charge in [-0.2, -0.15) is 0 Å². The summed E-state index contributed by atoms with van der Waals surface area (Å²) in [6.07, 6.45) is 3.15. The number of hydrogen-bond acceptors (Lipinski definition) is 4. The SMILES string of the molecule is CSc1ccc(CN(C)C(=O)CCCOc2ccc(C(C)=O)cc2)cc1. The number of nitrogens with zero attached hydrogens (tertiary/aromatic N) is 1. The molecule has 0 saturated carbocycles. The van der Waals surface area contributed by atoms with Crippen molar-refractivity contribution in [2.75, 3.05) is 19.9 Å². The van der Waals surface area contributed by atoms with E-state index in [0.29, 0.717) is 37.3 Å². The molecule has 2 aromatic rings. The van der Waals surface area contributed by atoms with E-state index in [0.717, 1.165) is 5.56 Å². The Morgan fingerprint density at radius 3 is 2.27 bits per heavy atom. The van der Waals surface area contributed by atoms with E-state index in [9.17, 15) is 9.59 Å². The van der Waals surface area contributed by atoms with Gasteiger partial charge in [-0.05, 0) is 61.6 Å². The Hall–Kier alpha value is -2.27. The Kier molecular flexibility index (Phi) is 7.73. The van der Waals surface area contributed by atoms with E-state index < -0.39 is 0 Å². The monoisotopic (exact) mass is 371 g/mol. The van der Waals surface area contributed by atoms with E-state index in [1.165, 1.54) is 11.8 Å². The number of rotatable bonds is 9. The third-order valence-corrected chi connectivity index (χ3v) is 4.81.